The van der Waals surface area contributed by atoms with Gasteiger partial charge in [-0.2, -0.15) is 0 Å². The zero-order chi connectivity index (χ0) is 17.5. The van der Waals surface area contributed by atoms with Gasteiger partial charge < -0.3 is 9.80 Å². The van der Waals surface area contributed by atoms with E-state index in [1.807, 2.05) is 35.2 Å². The lowest BCUT2D eigenvalue weighted by Crippen LogP contribution is -2.34. The van der Waals surface area contributed by atoms with Crippen LogP contribution in [0.25, 0.3) is 11.0 Å². The van der Waals surface area contributed by atoms with E-state index in [1.165, 1.54) is 0 Å². The van der Waals surface area contributed by atoms with Crippen LogP contribution < -0.4 is 4.90 Å². The van der Waals surface area contributed by atoms with Crippen LogP contribution in [0, 0.1) is 11.8 Å². The summed E-state index contributed by atoms with van der Waals surface area (Å²) in [5, 5.41) is 0. The second-order valence-corrected chi connectivity index (χ2v) is 6.93. The van der Waals surface area contributed by atoms with Crippen molar-refractivity contribution in [1.82, 2.24) is 24.8 Å². The average molecular weight is 346 g/mol. The van der Waals surface area contributed by atoms with E-state index in [0.717, 1.165) is 43.2 Å². The van der Waals surface area contributed by atoms with Crippen LogP contribution >= 0.6 is 0 Å². The Morgan fingerprint density at radius 3 is 2.31 bits per heavy atom. The lowest BCUT2D eigenvalue weighted by Gasteiger charge is -2.21. The maximum absolute atomic E-state index is 12.9. The standard InChI is InChI=1S/C19H18N6O/c26-18(17-8-22-15-4-1-2-5-16(15)23-17)24-9-13-11-25(12-14(13)10-24)19-20-6-3-7-21-19/h1-8,13-14H,9-12H2. The number of likely N-dealkylation sites (tertiary alicyclic amines) is 1. The van der Waals surface area contributed by atoms with Crippen molar-refractivity contribution in [3.05, 3.63) is 54.6 Å². The molecule has 2 aliphatic heterocycles. The Morgan fingerprint density at radius 1 is 0.885 bits per heavy atom. The Bertz CT molecular complexity index is 948. The number of hydrogen-bond donors (Lipinski definition) is 0. The van der Waals surface area contributed by atoms with Crippen LogP contribution in [0.1, 0.15) is 10.5 Å². The second kappa shape index (κ2) is 6.01. The maximum Gasteiger partial charge on any atom is 0.274 e. The van der Waals surface area contributed by atoms with Crippen molar-refractivity contribution >= 4 is 22.9 Å². The van der Waals surface area contributed by atoms with Crippen molar-refractivity contribution in [1.29, 1.82) is 0 Å². The third kappa shape index (κ3) is 2.56. The Morgan fingerprint density at radius 2 is 1.58 bits per heavy atom. The Hall–Kier alpha value is -3.09. The number of hydrogen-bond acceptors (Lipinski definition) is 6. The summed E-state index contributed by atoms with van der Waals surface area (Å²) in [6, 6.07) is 9.44. The summed E-state index contributed by atoms with van der Waals surface area (Å²) in [7, 11) is 0. The molecule has 0 saturated carbocycles. The normalized spacial score (nSPS) is 22.0. The van der Waals surface area contributed by atoms with E-state index in [1.54, 1.807) is 18.6 Å². The number of fused-ring (bicyclic) bond motifs is 2. The van der Waals surface area contributed by atoms with Crippen LogP contribution in [0.4, 0.5) is 5.95 Å². The first-order valence-electron chi connectivity index (χ1n) is 8.81. The highest BCUT2D eigenvalue weighted by molar-refractivity contribution is 5.94. The molecule has 2 atom stereocenters. The molecule has 1 amide bonds. The number of benzene rings is 1. The number of aromatic nitrogens is 4. The first kappa shape index (κ1) is 15.2. The third-order valence-electron chi connectivity index (χ3n) is 5.28. The SMILES string of the molecule is O=C(c1cnc2ccccc2n1)N1CC2CN(c3ncccn3)CC2C1. The molecule has 5 rings (SSSR count). The van der Waals surface area contributed by atoms with Crippen LogP contribution in [0.3, 0.4) is 0 Å². The van der Waals surface area contributed by atoms with E-state index in [2.05, 4.69) is 24.8 Å². The van der Waals surface area contributed by atoms with Crippen LogP contribution in [0.15, 0.2) is 48.9 Å². The fourth-order valence-electron chi connectivity index (χ4n) is 4.00. The predicted octanol–water partition coefficient (Wildman–Crippen LogP) is 1.63. The molecule has 2 fully saturated rings. The van der Waals surface area contributed by atoms with E-state index in [9.17, 15) is 4.79 Å². The van der Waals surface area contributed by atoms with E-state index in [0.29, 0.717) is 17.5 Å². The predicted molar refractivity (Wildman–Crippen MR) is 96.7 cm³/mol. The number of rotatable bonds is 2. The molecule has 7 heteroatoms. The van der Waals surface area contributed by atoms with Gasteiger partial charge in [-0.1, -0.05) is 12.1 Å². The number of carbonyl (C=O) groups is 1. The first-order chi connectivity index (χ1) is 12.8. The molecule has 0 spiro atoms. The maximum atomic E-state index is 12.9. The zero-order valence-corrected chi connectivity index (χ0v) is 14.2. The summed E-state index contributed by atoms with van der Waals surface area (Å²) < 4.78 is 0. The number of nitrogens with zero attached hydrogens (tertiary/aromatic N) is 6. The van der Waals surface area contributed by atoms with Gasteiger partial charge in [0.2, 0.25) is 5.95 Å². The summed E-state index contributed by atoms with van der Waals surface area (Å²) in [6.45, 7) is 3.28. The number of para-hydroxylation sites is 2. The Balaban J connectivity index is 1.30. The molecule has 2 aliphatic rings. The summed E-state index contributed by atoms with van der Waals surface area (Å²) in [5.41, 5.74) is 1.98. The zero-order valence-electron chi connectivity index (χ0n) is 14.2. The summed E-state index contributed by atoms with van der Waals surface area (Å²) in [6.07, 6.45) is 5.12. The van der Waals surface area contributed by atoms with Gasteiger partial charge in [0.1, 0.15) is 5.69 Å². The highest BCUT2D eigenvalue weighted by Crippen LogP contribution is 2.33. The Kier molecular flexibility index (Phi) is 3.51. The molecule has 3 aromatic rings. The van der Waals surface area contributed by atoms with E-state index >= 15 is 0 Å². The van der Waals surface area contributed by atoms with Crippen molar-refractivity contribution < 1.29 is 4.79 Å². The Labute approximate surface area is 150 Å². The van der Waals surface area contributed by atoms with Crippen molar-refractivity contribution in [2.45, 2.75) is 0 Å². The van der Waals surface area contributed by atoms with Crippen LogP contribution in [-0.4, -0.2) is 56.9 Å². The van der Waals surface area contributed by atoms with Crippen LogP contribution in [-0.2, 0) is 0 Å². The minimum Gasteiger partial charge on any atom is -0.340 e. The molecule has 2 saturated heterocycles. The minimum atomic E-state index is -0.0276. The van der Waals surface area contributed by atoms with Gasteiger partial charge in [-0.05, 0) is 18.2 Å². The molecular formula is C19H18N6O. The molecule has 0 radical (unpaired) electrons. The highest BCUT2D eigenvalue weighted by atomic mass is 16.2. The second-order valence-electron chi connectivity index (χ2n) is 6.93. The summed E-state index contributed by atoms with van der Waals surface area (Å²) >= 11 is 0. The average Bonchev–Trinajstić information content (AvgIpc) is 3.27. The molecule has 0 bridgehead atoms. The fourth-order valence-corrected chi connectivity index (χ4v) is 4.00. The van der Waals surface area contributed by atoms with Gasteiger partial charge in [0.05, 0.1) is 17.2 Å². The van der Waals surface area contributed by atoms with Crippen molar-refractivity contribution in [2.24, 2.45) is 11.8 Å². The lowest BCUT2D eigenvalue weighted by atomic mass is 10.0. The molecule has 0 N–H and O–H groups in total. The molecule has 4 heterocycles. The summed E-state index contributed by atoms with van der Waals surface area (Å²) in [4.78, 5) is 34.5. The largest absolute Gasteiger partial charge is 0.340 e. The number of carbonyl (C=O) groups excluding carboxylic acids is 1. The van der Waals surface area contributed by atoms with E-state index in [4.69, 9.17) is 0 Å². The van der Waals surface area contributed by atoms with Gasteiger partial charge in [-0.15, -0.1) is 0 Å². The van der Waals surface area contributed by atoms with Crippen molar-refractivity contribution in [3.8, 4) is 0 Å². The van der Waals surface area contributed by atoms with Crippen LogP contribution in [0.5, 0.6) is 0 Å². The van der Waals surface area contributed by atoms with Gasteiger partial charge in [0.15, 0.2) is 0 Å². The quantitative estimate of drug-likeness (QED) is 0.702. The van der Waals surface area contributed by atoms with E-state index in [-0.39, 0.29) is 5.91 Å². The van der Waals surface area contributed by atoms with Crippen molar-refractivity contribution in [2.75, 3.05) is 31.1 Å². The molecule has 26 heavy (non-hydrogen) atoms. The van der Waals surface area contributed by atoms with E-state index < -0.39 is 0 Å². The van der Waals surface area contributed by atoms with Gasteiger partial charge in [0.25, 0.3) is 5.91 Å². The monoisotopic (exact) mass is 346 g/mol. The highest BCUT2D eigenvalue weighted by Gasteiger charge is 2.42. The molecule has 0 aliphatic carbocycles. The topological polar surface area (TPSA) is 75.1 Å². The molecule has 7 nitrogen and oxygen atoms in total. The van der Waals surface area contributed by atoms with Gasteiger partial charge in [-0.25, -0.2) is 15.0 Å². The minimum absolute atomic E-state index is 0.0276. The van der Waals surface area contributed by atoms with Crippen molar-refractivity contribution in [3.63, 3.8) is 0 Å². The summed E-state index contributed by atoms with van der Waals surface area (Å²) in [5.74, 6) is 1.66. The first-order valence-corrected chi connectivity index (χ1v) is 8.81. The fraction of sp³-hybridized carbons (Fsp3) is 0.316. The van der Waals surface area contributed by atoms with Gasteiger partial charge in [0, 0.05) is 50.4 Å². The molecule has 2 aromatic heterocycles. The lowest BCUT2D eigenvalue weighted by molar-refractivity contribution is 0.0776. The molecular weight excluding hydrogens is 328 g/mol. The number of amides is 1. The van der Waals surface area contributed by atoms with Gasteiger partial charge >= 0.3 is 0 Å². The molecule has 130 valence electrons. The number of anilines is 1. The van der Waals surface area contributed by atoms with Gasteiger partial charge in [-0.3, -0.25) is 9.78 Å². The third-order valence-corrected chi connectivity index (χ3v) is 5.28. The molecule has 2 unspecified atom stereocenters. The van der Waals surface area contributed by atoms with Crippen LogP contribution in [0.2, 0.25) is 0 Å². The smallest absolute Gasteiger partial charge is 0.274 e. The molecule has 1 aromatic carbocycles.